The molecule has 3 aromatic carbocycles. The lowest BCUT2D eigenvalue weighted by Crippen LogP contribution is -2.26. The molecule has 1 heterocycles. The van der Waals surface area contributed by atoms with Gasteiger partial charge in [-0.2, -0.15) is 0 Å². The van der Waals surface area contributed by atoms with Crippen LogP contribution in [0.5, 0.6) is 11.5 Å². The van der Waals surface area contributed by atoms with Gasteiger partial charge in [-0.05, 0) is 48.7 Å². The second-order valence-electron chi connectivity index (χ2n) is 8.22. The summed E-state index contributed by atoms with van der Waals surface area (Å²) in [7, 11) is 1.64. The molecule has 0 aliphatic heterocycles. The van der Waals surface area contributed by atoms with Crippen molar-refractivity contribution in [3.63, 3.8) is 0 Å². The van der Waals surface area contributed by atoms with Gasteiger partial charge in [0.25, 0.3) is 0 Å². The van der Waals surface area contributed by atoms with Crippen molar-refractivity contribution in [1.82, 2.24) is 14.9 Å². The highest BCUT2D eigenvalue weighted by Crippen LogP contribution is 2.26. The van der Waals surface area contributed by atoms with Gasteiger partial charge in [0.2, 0.25) is 5.91 Å². The van der Waals surface area contributed by atoms with Crippen LogP contribution in [0, 0.1) is 6.92 Å². The number of hydrogen-bond donors (Lipinski definition) is 1. The minimum absolute atomic E-state index is 0.0491. The molecule has 0 fully saturated rings. The number of benzene rings is 3. The normalized spacial score (nSPS) is 10.9. The summed E-state index contributed by atoms with van der Waals surface area (Å²) in [4.78, 5) is 17.2. The zero-order valence-electron chi connectivity index (χ0n) is 19.8. The number of nitrogens with one attached hydrogen (secondary N) is 1. The van der Waals surface area contributed by atoms with E-state index in [1.165, 1.54) is 0 Å². The van der Waals surface area contributed by atoms with Gasteiger partial charge < -0.3 is 19.4 Å². The Morgan fingerprint density at radius 3 is 2.53 bits per heavy atom. The molecule has 0 radical (unpaired) electrons. The Morgan fingerprint density at radius 2 is 1.71 bits per heavy atom. The molecule has 0 saturated heterocycles. The number of rotatable bonds is 11. The molecule has 0 spiro atoms. The maximum atomic E-state index is 12.4. The lowest BCUT2D eigenvalue weighted by molar-refractivity contribution is -0.120. The van der Waals surface area contributed by atoms with Gasteiger partial charge in [0.15, 0.2) is 11.5 Å². The molecule has 4 rings (SSSR count). The number of hydrogen-bond acceptors (Lipinski definition) is 4. The molecule has 0 aliphatic rings. The largest absolute Gasteiger partial charge is 0.493 e. The van der Waals surface area contributed by atoms with Crippen LogP contribution in [0.4, 0.5) is 0 Å². The maximum Gasteiger partial charge on any atom is 0.224 e. The van der Waals surface area contributed by atoms with E-state index in [2.05, 4.69) is 16.0 Å². The second-order valence-corrected chi connectivity index (χ2v) is 8.22. The molecule has 0 bridgehead atoms. The molecule has 6 heteroatoms. The number of aromatic nitrogens is 2. The van der Waals surface area contributed by atoms with Gasteiger partial charge in [-0.3, -0.25) is 4.79 Å². The van der Waals surface area contributed by atoms with Crippen LogP contribution >= 0.6 is 0 Å². The summed E-state index contributed by atoms with van der Waals surface area (Å²) in [5.74, 6) is 2.50. The molecule has 0 atom stereocenters. The van der Waals surface area contributed by atoms with Crippen molar-refractivity contribution in [2.24, 2.45) is 0 Å². The van der Waals surface area contributed by atoms with Crippen LogP contribution in [0.2, 0.25) is 0 Å². The highest BCUT2D eigenvalue weighted by Gasteiger charge is 2.12. The summed E-state index contributed by atoms with van der Waals surface area (Å²) in [5, 5.41) is 3.04. The van der Waals surface area contributed by atoms with Gasteiger partial charge in [-0.25, -0.2) is 4.98 Å². The molecule has 6 nitrogen and oxygen atoms in total. The summed E-state index contributed by atoms with van der Waals surface area (Å²) in [6.45, 7) is 3.82. The molecule has 0 aliphatic carbocycles. The predicted molar refractivity (Wildman–Crippen MR) is 134 cm³/mol. The standard InChI is InChI=1S/C28H31N3O3/c1-21-10-3-4-11-22(21)20-28(32)29-17-9-16-27-30-23-12-5-6-13-24(23)31(27)18-19-34-26-15-8-7-14-25(26)33-2/h3-8,10-15H,9,16-20H2,1-2H3,(H,29,32). The van der Waals surface area contributed by atoms with E-state index in [-0.39, 0.29) is 5.91 Å². The Morgan fingerprint density at radius 1 is 0.971 bits per heavy atom. The first-order valence-corrected chi connectivity index (χ1v) is 11.7. The number of ether oxygens (including phenoxy) is 2. The summed E-state index contributed by atoms with van der Waals surface area (Å²) >= 11 is 0. The molecular weight excluding hydrogens is 426 g/mol. The van der Waals surface area contributed by atoms with E-state index in [4.69, 9.17) is 14.5 Å². The topological polar surface area (TPSA) is 65.4 Å². The zero-order chi connectivity index (χ0) is 23.8. The Kier molecular flexibility index (Phi) is 7.81. The number of aryl methyl sites for hydroxylation is 2. The minimum atomic E-state index is 0.0491. The molecule has 1 amide bonds. The fraction of sp³-hybridized carbons (Fsp3) is 0.286. The van der Waals surface area contributed by atoms with Crippen molar-refractivity contribution in [2.45, 2.75) is 32.7 Å². The number of amides is 1. The summed E-state index contributed by atoms with van der Waals surface area (Å²) < 4.78 is 13.6. The van der Waals surface area contributed by atoms with Gasteiger partial charge in [0.1, 0.15) is 12.4 Å². The summed E-state index contributed by atoms with van der Waals surface area (Å²) in [6, 6.07) is 23.8. The first-order chi connectivity index (χ1) is 16.7. The average Bonchev–Trinajstić information content (AvgIpc) is 3.21. The van der Waals surface area contributed by atoms with Crippen LogP contribution in [-0.4, -0.2) is 35.7 Å². The quantitative estimate of drug-likeness (QED) is 0.331. The van der Waals surface area contributed by atoms with Crippen LogP contribution < -0.4 is 14.8 Å². The molecule has 1 aromatic heterocycles. The van der Waals surface area contributed by atoms with Crippen LogP contribution in [0.25, 0.3) is 11.0 Å². The minimum Gasteiger partial charge on any atom is -0.493 e. The van der Waals surface area contributed by atoms with Crippen molar-refractivity contribution < 1.29 is 14.3 Å². The van der Waals surface area contributed by atoms with Gasteiger partial charge in [0, 0.05) is 13.0 Å². The van der Waals surface area contributed by atoms with Crippen LogP contribution in [0.1, 0.15) is 23.4 Å². The van der Waals surface area contributed by atoms with Crippen molar-refractivity contribution in [3.05, 3.63) is 89.7 Å². The second kappa shape index (κ2) is 11.4. The highest BCUT2D eigenvalue weighted by atomic mass is 16.5. The van der Waals surface area contributed by atoms with Crippen molar-refractivity contribution in [3.8, 4) is 11.5 Å². The van der Waals surface area contributed by atoms with E-state index in [1.807, 2.05) is 73.7 Å². The number of carbonyl (C=O) groups is 1. The molecule has 34 heavy (non-hydrogen) atoms. The predicted octanol–water partition coefficient (Wildman–Crippen LogP) is 4.72. The highest BCUT2D eigenvalue weighted by molar-refractivity contribution is 5.79. The summed E-state index contributed by atoms with van der Waals surface area (Å²) in [6.07, 6.45) is 2.00. The van der Waals surface area contributed by atoms with Crippen molar-refractivity contribution >= 4 is 16.9 Å². The number of carbonyl (C=O) groups excluding carboxylic acids is 1. The molecule has 4 aromatic rings. The zero-order valence-corrected chi connectivity index (χ0v) is 19.8. The van der Waals surface area contributed by atoms with E-state index in [1.54, 1.807) is 7.11 Å². The molecule has 1 N–H and O–H groups in total. The van der Waals surface area contributed by atoms with E-state index >= 15 is 0 Å². The number of fused-ring (bicyclic) bond motifs is 1. The molecule has 0 unspecified atom stereocenters. The number of imidazole rings is 1. The van der Waals surface area contributed by atoms with E-state index < -0.39 is 0 Å². The monoisotopic (exact) mass is 457 g/mol. The van der Waals surface area contributed by atoms with Crippen LogP contribution in [0.15, 0.2) is 72.8 Å². The van der Waals surface area contributed by atoms with Crippen molar-refractivity contribution in [1.29, 1.82) is 0 Å². The number of para-hydroxylation sites is 4. The van der Waals surface area contributed by atoms with Crippen LogP contribution in [-0.2, 0) is 24.2 Å². The Labute approximate surface area is 200 Å². The number of methoxy groups -OCH3 is 1. The molecule has 176 valence electrons. The van der Waals surface area contributed by atoms with Gasteiger partial charge >= 0.3 is 0 Å². The van der Waals surface area contributed by atoms with Gasteiger partial charge in [-0.1, -0.05) is 48.5 Å². The third kappa shape index (κ3) is 5.76. The van der Waals surface area contributed by atoms with E-state index in [0.29, 0.717) is 26.1 Å². The summed E-state index contributed by atoms with van der Waals surface area (Å²) in [5.41, 5.74) is 4.27. The average molecular weight is 458 g/mol. The smallest absolute Gasteiger partial charge is 0.224 e. The maximum absolute atomic E-state index is 12.4. The van der Waals surface area contributed by atoms with E-state index in [0.717, 1.165) is 52.3 Å². The fourth-order valence-corrected chi connectivity index (χ4v) is 4.07. The lowest BCUT2D eigenvalue weighted by Gasteiger charge is -2.13. The first kappa shape index (κ1) is 23.4. The number of nitrogens with zero attached hydrogens (tertiary/aromatic N) is 2. The first-order valence-electron chi connectivity index (χ1n) is 11.7. The Hall–Kier alpha value is -3.80. The van der Waals surface area contributed by atoms with Gasteiger partial charge in [0.05, 0.1) is 31.1 Å². The molecular formula is C28H31N3O3. The van der Waals surface area contributed by atoms with Gasteiger partial charge in [-0.15, -0.1) is 0 Å². The van der Waals surface area contributed by atoms with Crippen molar-refractivity contribution in [2.75, 3.05) is 20.3 Å². The third-order valence-corrected chi connectivity index (χ3v) is 5.89. The van der Waals surface area contributed by atoms with E-state index in [9.17, 15) is 4.79 Å². The third-order valence-electron chi connectivity index (χ3n) is 5.89. The fourth-order valence-electron chi connectivity index (χ4n) is 4.07. The lowest BCUT2D eigenvalue weighted by atomic mass is 10.1. The molecule has 0 saturated carbocycles. The Bertz CT molecular complexity index is 1250. The van der Waals surface area contributed by atoms with Crippen LogP contribution in [0.3, 0.4) is 0 Å². The SMILES string of the molecule is COc1ccccc1OCCn1c(CCCNC(=O)Cc2ccccc2C)nc2ccccc21. The Balaban J connectivity index is 1.34.